The fourth-order valence-electron chi connectivity index (χ4n) is 2.74. The average Bonchev–Trinajstić information content (AvgIpc) is 2.87. The molecule has 2 rings (SSSR count). The zero-order valence-corrected chi connectivity index (χ0v) is 16.7. The first kappa shape index (κ1) is 20.5. The summed E-state index contributed by atoms with van der Waals surface area (Å²) in [7, 11) is 0. The second-order valence-electron chi connectivity index (χ2n) is 6.06. The van der Waals surface area contributed by atoms with Gasteiger partial charge in [-0.2, -0.15) is 0 Å². The minimum Gasteiger partial charge on any atom is -0.481 e. The van der Waals surface area contributed by atoms with Crippen LogP contribution < -0.4 is 4.90 Å². The van der Waals surface area contributed by atoms with E-state index >= 15 is 0 Å². The quantitative estimate of drug-likeness (QED) is 0.506. The van der Waals surface area contributed by atoms with E-state index in [0.29, 0.717) is 9.23 Å². The van der Waals surface area contributed by atoms with Gasteiger partial charge in [-0.15, -0.1) is 0 Å². The Kier molecular flexibility index (Phi) is 7.66. The smallest absolute Gasteiger partial charge is 0.305 e. The van der Waals surface area contributed by atoms with E-state index in [1.165, 1.54) is 22.3 Å². The lowest BCUT2D eigenvalue weighted by Gasteiger charge is -2.23. The van der Waals surface area contributed by atoms with Crippen LogP contribution >= 0.6 is 24.0 Å². The molecule has 5 nitrogen and oxygen atoms in total. The fourth-order valence-corrected chi connectivity index (χ4v) is 4.05. The molecule has 1 aromatic carbocycles. The van der Waals surface area contributed by atoms with Crippen LogP contribution in [0.2, 0.25) is 0 Å². The van der Waals surface area contributed by atoms with Crippen LogP contribution in [0.25, 0.3) is 6.08 Å². The number of rotatable bonds is 9. The van der Waals surface area contributed by atoms with Crippen molar-refractivity contribution in [1.29, 1.82) is 0 Å². The molecule has 1 heterocycles. The van der Waals surface area contributed by atoms with Gasteiger partial charge in [-0.05, 0) is 36.6 Å². The van der Waals surface area contributed by atoms with Crippen molar-refractivity contribution in [2.24, 2.45) is 0 Å². The molecule has 0 unspecified atom stereocenters. The second kappa shape index (κ2) is 9.73. The van der Waals surface area contributed by atoms with Crippen LogP contribution in [0.5, 0.6) is 0 Å². The SMILES string of the molecule is CCCN(CCC)c1ccc(/C=C2\SC(=S)N(CCC(=O)O)C2=O)cc1. The van der Waals surface area contributed by atoms with Crippen LogP contribution in [0.3, 0.4) is 0 Å². The number of carbonyl (C=O) groups is 2. The molecule has 1 N–H and O–H groups in total. The van der Waals surface area contributed by atoms with Gasteiger partial charge in [0, 0.05) is 25.3 Å². The average molecular weight is 393 g/mol. The van der Waals surface area contributed by atoms with Gasteiger partial charge >= 0.3 is 5.97 Å². The van der Waals surface area contributed by atoms with Gasteiger partial charge in [0.15, 0.2) is 0 Å². The maximum atomic E-state index is 12.4. The third kappa shape index (κ3) is 5.32. The molecule has 1 saturated heterocycles. The highest BCUT2D eigenvalue weighted by atomic mass is 32.2. The van der Waals surface area contributed by atoms with Gasteiger partial charge in [-0.3, -0.25) is 14.5 Å². The lowest BCUT2D eigenvalue weighted by atomic mass is 10.1. The van der Waals surface area contributed by atoms with E-state index in [9.17, 15) is 9.59 Å². The monoisotopic (exact) mass is 392 g/mol. The lowest BCUT2D eigenvalue weighted by molar-refractivity contribution is -0.137. The first-order valence-corrected chi connectivity index (χ1v) is 10.0. The molecule has 0 bridgehead atoms. The predicted octanol–water partition coefficient (Wildman–Crippen LogP) is 3.99. The number of carbonyl (C=O) groups excluding carboxylic acids is 1. The summed E-state index contributed by atoms with van der Waals surface area (Å²) in [6.45, 7) is 6.50. The standard InChI is InChI=1S/C19H24N2O3S2/c1-3-10-20(11-4-2)15-7-5-14(6-8-15)13-16-18(24)21(19(25)26-16)12-9-17(22)23/h5-8,13H,3-4,9-12H2,1-2H3,(H,22,23)/b16-13-. The molecule has 26 heavy (non-hydrogen) atoms. The Morgan fingerprint density at radius 3 is 2.38 bits per heavy atom. The molecule has 1 aromatic rings. The van der Waals surface area contributed by atoms with Crippen LogP contribution in [0, 0.1) is 0 Å². The molecular weight excluding hydrogens is 368 g/mol. The topological polar surface area (TPSA) is 60.9 Å². The maximum absolute atomic E-state index is 12.4. The molecule has 0 spiro atoms. The predicted molar refractivity (Wildman–Crippen MR) is 111 cm³/mol. The zero-order valence-electron chi connectivity index (χ0n) is 15.1. The number of benzene rings is 1. The Morgan fingerprint density at radius 1 is 1.23 bits per heavy atom. The Bertz CT molecular complexity index is 695. The molecule has 0 aliphatic carbocycles. The molecule has 1 aliphatic heterocycles. The number of hydrogen-bond donors (Lipinski definition) is 1. The van der Waals surface area contributed by atoms with E-state index in [2.05, 4.69) is 30.9 Å². The van der Waals surface area contributed by atoms with Crippen LogP contribution in [-0.4, -0.2) is 45.8 Å². The number of carboxylic acid groups (broad SMARTS) is 1. The van der Waals surface area contributed by atoms with Crippen LogP contribution in [0.1, 0.15) is 38.7 Å². The lowest BCUT2D eigenvalue weighted by Crippen LogP contribution is -2.30. The van der Waals surface area contributed by atoms with Crippen molar-refractivity contribution in [2.45, 2.75) is 33.1 Å². The van der Waals surface area contributed by atoms with Crippen molar-refractivity contribution < 1.29 is 14.7 Å². The van der Waals surface area contributed by atoms with E-state index in [-0.39, 0.29) is 18.9 Å². The molecule has 140 valence electrons. The molecule has 0 atom stereocenters. The number of anilines is 1. The number of amides is 1. The van der Waals surface area contributed by atoms with Crippen LogP contribution in [-0.2, 0) is 9.59 Å². The van der Waals surface area contributed by atoms with Gasteiger partial charge in [-0.1, -0.05) is 50.0 Å². The molecule has 0 aromatic heterocycles. The van der Waals surface area contributed by atoms with Crippen molar-refractivity contribution in [2.75, 3.05) is 24.5 Å². The van der Waals surface area contributed by atoms with Crippen molar-refractivity contribution in [3.63, 3.8) is 0 Å². The number of thioether (sulfide) groups is 1. The van der Waals surface area contributed by atoms with E-state index in [4.69, 9.17) is 17.3 Å². The molecule has 1 aliphatic rings. The molecule has 1 fully saturated rings. The highest BCUT2D eigenvalue weighted by Gasteiger charge is 2.31. The van der Waals surface area contributed by atoms with E-state index in [0.717, 1.165) is 31.5 Å². The third-order valence-corrected chi connectivity index (χ3v) is 5.34. The molecule has 0 saturated carbocycles. The summed E-state index contributed by atoms with van der Waals surface area (Å²) in [5.41, 5.74) is 2.11. The molecular formula is C19H24N2O3S2. The Hall–Kier alpha value is -1.86. The van der Waals surface area contributed by atoms with E-state index < -0.39 is 5.97 Å². The van der Waals surface area contributed by atoms with Crippen molar-refractivity contribution >= 4 is 51.9 Å². The summed E-state index contributed by atoms with van der Waals surface area (Å²) in [5, 5.41) is 8.79. The highest BCUT2D eigenvalue weighted by molar-refractivity contribution is 8.26. The van der Waals surface area contributed by atoms with E-state index in [1.54, 1.807) is 0 Å². The zero-order chi connectivity index (χ0) is 19.1. The van der Waals surface area contributed by atoms with Crippen LogP contribution in [0.15, 0.2) is 29.2 Å². The Balaban J connectivity index is 2.10. The first-order valence-electron chi connectivity index (χ1n) is 8.78. The van der Waals surface area contributed by atoms with Gasteiger partial charge in [-0.25, -0.2) is 0 Å². The second-order valence-corrected chi connectivity index (χ2v) is 7.73. The minimum atomic E-state index is -0.942. The summed E-state index contributed by atoms with van der Waals surface area (Å²) in [6.07, 6.45) is 3.90. The molecule has 1 amide bonds. The minimum absolute atomic E-state index is 0.110. The number of carboxylic acids is 1. The number of aliphatic carboxylic acids is 1. The van der Waals surface area contributed by atoms with Crippen molar-refractivity contribution in [1.82, 2.24) is 4.90 Å². The number of nitrogens with zero attached hydrogens (tertiary/aromatic N) is 2. The van der Waals surface area contributed by atoms with Crippen LogP contribution in [0.4, 0.5) is 5.69 Å². The summed E-state index contributed by atoms with van der Waals surface area (Å²) < 4.78 is 0.413. The summed E-state index contributed by atoms with van der Waals surface area (Å²) in [4.78, 5) is 27.4. The van der Waals surface area contributed by atoms with Gasteiger partial charge < -0.3 is 10.0 Å². The van der Waals surface area contributed by atoms with E-state index in [1.807, 2.05) is 18.2 Å². The maximum Gasteiger partial charge on any atom is 0.305 e. The fraction of sp³-hybridized carbons (Fsp3) is 0.421. The third-order valence-electron chi connectivity index (χ3n) is 3.97. The summed E-state index contributed by atoms with van der Waals surface area (Å²) in [6, 6.07) is 8.14. The normalized spacial score (nSPS) is 15.8. The highest BCUT2D eigenvalue weighted by Crippen LogP contribution is 2.32. The van der Waals surface area contributed by atoms with Crippen molar-refractivity contribution in [3.8, 4) is 0 Å². The Morgan fingerprint density at radius 2 is 1.85 bits per heavy atom. The van der Waals surface area contributed by atoms with Gasteiger partial charge in [0.05, 0.1) is 11.3 Å². The van der Waals surface area contributed by atoms with Gasteiger partial charge in [0.25, 0.3) is 5.91 Å². The summed E-state index contributed by atoms with van der Waals surface area (Å²) in [5.74, 6) is -1.16. The number of hydrogen-bond acceptors (Lipinski definition) is 5. The van der Waals surface area contributed by atoms with Crippen molar-refractivity contribution in [3.05, 3.63) is 34.7 Å². The van der Waals surface area contributed by atoms with Gasteiger partial charge in [0.1, 0.15) is 4.32 Å². The number of thiocarbonyl (C=S) groups is 1. The first-order chi connectivity index (χ1) is 12.5. The van der Waals surface area contributed by atoms with Gasteiger partial charge in [0.2, 0.25) is 0 Å². The molecule has 7 heteroatoms. The molecule has 0 radical (unpaired) electrons. The largest absolute Gasteiger partial charge is 0.481 e. The Labute approximate surface area is 164 Å². The summed E-state index contributed by atoms with van der Waals surface area (Å²) >= 11 is 6.42.